The van der Waals surface area contributed by atoms with E-state index in [0.29, 0.717) is 17.9 Å². The largest absolute Gasteiger partial charge is 0.480 e. The number of hydrogen-bond acceptors (Lipinski definition) is 4. The Kier molecular flexibility index (Phi) is 6.89. The van der Waals surface area contributed by atoms with Gasteiger partial charge >= 0.3 is 5.97 Å². The van der Waals surface area contributed by atoms with E-state index in [1.165, 1.54) is 6.92 Å². The van der Waals surface area contributed by atoms with Crippen LogP contribution in [0.5, 0.6) is 11.5 Å². The van der Waals surface area contributed by atoms with Crippen LogP contribution in [0.1, 0.15) is 12.5 Å². The van der Waals surface area contributed by atoms with Crippen molar-refractivity contribution in [3.8, 4) is 11.5 Å². The smallest absolute Gasteiger partial charge is 0.325 e. The summed E-state index contributed by atoms with van der Waals surface area (Å²) >= 11 is 4.21. The Morgan fingerprint density at radius 1 is 1.08 bits per heavy atom. The standard InChI is InChI=1S/C19H21NO4S/c1-13(19(22)23)20-18(21)15(12-25)11-14-7-9-17(10-8-14)24-16-5-3-2-4-6-16/h2-10,13,15,25H,11-12H2,1H3,(H,20,21)(H,22,23)/t13-,15?/m0/s1. The van der Waals surface area contributed by atoms with Gasteiger partial charge in [0.1, 0.15) is 17.5 Å². The van der Waals surface area contributed by atoms with Gasteiger partial charge in [-0.15, -0.1) is 0 Å². The van der Waals surface area contributed by atoms with Crippen molar-refractivity contribution in [3.63, 3.8) is 0 Å². The molecule has 0 heterocycles. The maximum absolute atomic E-state index is 12.2. The van der Waals surface area contributed by atoms with Gasteiger partial charge in [0.15, 0.2) is 0 Å². The lowest BCUT2D eigenvalue weighted by Crippen LogP contribution is -2.42. The lowest BCUT2D eigenvalue weighted by Gasteiger charge is -2.17. The molecule has 0 spiro atoms. The van der Waals surface area contributed by atoms with Crippen LogP contribution in [0.25, 0.3) is 0 Å². The third-order valence-corrected chi connectivity index (χ3v) is 4.15. The molecule has 0 aliphatic rings. The van der Waals surface area contributed by atoms with E-state index in [-0.39, 0.29) is 5.91 Å². The lowest BCUT2D eigenvalue weighted by atomic mass is 9.99. The lowest BCUT2D eigenvalue weighted by molar-refractivity contribution is -0.141. The SMILES string of the molecule is C[C@H](NC(=O)C(CS)Cc1ccc(Oc2ccccc2)cc1)C(=O)O. The highest BCUT2D eigenvalue weighted by atomic mass is 32.1. The van der Waals surface area contributed by atoms with Crippen molar-refractivity contribution in [2.24, 2.45) is 5.92 Å². The molecule has 0 fully saturated rings. The van der Waals surface area contributed by atoms with Gasteiger partial charge in [0, 0.05) is 5.75 Å². The van der Waals surface area contributed by atoms with E-state index >= 15 is 0 Å². The van der Waals surface area contributed by atoms with Crippen molar-refractivity contribution >= 4 is 24.5 Å². The molecule has 2 aromatic rings. The molecular weight excluding hydrogens is 338 g/mol. The number of benzene rings is 2. The van der Waals surface area contributed by atoms with Crippen LogP contribution >= 0.6 is 12.6 Å². The fourth-order valence-corrected chi connectivity index (χ4v) is 2.53. The molecule has 132 valence electrons. The second-order valence-electron chi connectivity index (χ2n) is 5.71. The number of rotatable bonds is 8. The highest BCUT2D eigenvalue weighted by Crippen LogP contribution is 2.22. The van der Waals surface area contributed by atoms with Crippen molar-refractivity contribution in [1.82, 2.24) is 5.32 Å². The molecule has 6 heteroatoms. The second kappa shape index (κ2) is 9.13. The summed E-state index contributed by atoms with van der Waals surface area (Å²) in [4.78, 5) is 23.0. The summed E-state index contributed by atoms with van der Waals surface area (Å²) < 4.78 is 5.73. The number of ether oxygens (including phenoxy) is 1. The zero-order valence-corrected chi connectivity index (χ0v) is 14.8. The van der Waals surface area contributed by atoms with Gasteiger partial charge in [-0.25, -0.2) is 0 Å². The first-order chi connectivity index (χ1) is 12.0. The van der Waals surface area contributed by atoms with Gasteiger partial charge in [-0.05, 0) is 43.2 Å². The first-order valence-electron chi connectivity index (χ1n) is 7.95. The van der Waals surface area contributed by atoms with E-state index in [9.17, 15) is 9.59 Å². The molecule has 1 unspecified atom stereocenters. The molecule has 1 amide bonds. The van der Waals surface area contributed by atoms with Gasteiger partial charge in [-0.2, -0.15) is 12.6 Å². The molecule has 2 atom stereocenters. The average molecular weight is 359 g/mol. The number of carboxylic acids is 1. The molecule has 0 bridgehead atoms. The van der Waals surface area contributed by atoms with Crippen LogP contribution in [-0.4, -0.2) is 28.8 Å². The Bertz CT molecular complexity index is 703. The molecular formula is C19H21NO4S. The molecule has 2 rings (SSSR count). The average Bonchev–Trinajstić information content (AvgIpc) is 2.61. The summed E-state index contributed by atoms with van der Waals surface area (Å²) in [6.45, 7) is 1.44. The van der Waals surface area contributed by atoms with Crippen LogP contribution in [0.4, 0.5) is 0 Å². The molecule has 0 aliphatic heterocycles. The van der Waals surface area contributed by atoms with Gasteiger partial charge in [0.25, 0.3) is 0 Å². The Morgan fingerprint density at radius 2 is 1.68 bits per heavy atom. The summed E-state index contributed by atoms with van der Waals surface area (Å²) in [5.74, 6) is 0.0292. The van der Waals surface area contributed by atoms with E-state index < -0.39 is 17.9 Å². The van der Waals surface area contributed by atoms with E-state index in [4.69, 9.17) is 9.84 Å². The maximum atomic E-state index is 12.2. The Hall–Kier alpha value is -2.47. The predicted molar refractivity (Wildman–Crippen MR) is 99.2 cm³/mol. The monoisotopic (exact) mass is 359 g/mol. The van der Waals surface area contributed by atoms with Gasteiger partial charge in [0.2, 0.25) is 5.91 Å². The van der Waals surface area contributed by atoms with Crippen LogP contribution in [-0.2, 0) is 16.0 Å². The number of hydrogen-bond donors (Lipinski definition) is 3. The highest BCUT2D eigenvalue weighted by molar-refractivity contribution is 7.80. The quantitative estimate of drug-likeness (QED) is 0.633. The number of carbonyl (C=O) groups is 2. The van der Waals surface area contributed by atoms with Gasteiger partial charge < -0.3 is 15.2 Å². The fraction of sp³-hybridized carbons (Fsp3) is 0.263. The van der Waals surface area contributed by atoms with Crippen molar-refractivity contribution in [3.05, 3.63) is 60.2 Å². The van der Waals surface area contributed by atoms with Crippen molar-refractivity contribution in [2.45, 2.75) is 19.4 Å². The van der Waals surface area contributed by atoms with Crippen molar-refractivity contribution in [2.75, 3.05) is 5.75 Å². The predicted octanol–water partition coefficient (Wildman–Crippen LogP) is 3.16. The number of amides is 1. The molecule has 5 nitrogen and oxygen atoms in total. The van der Waals surface area contributed by atoms with Crippen LogP contribution in [0, 0.1) is 5.92 Å². The summed E-state index contributed by atoms with van der Waals surface area (Å²) in [6.07, 6.45) is 0.479. The van der Waals surface area contributed by atoms with Gasteiger partial charge in [0.05, 0.1) is 5.92 Å². The zero-order chi connectivity index (χ0) is 18.2. The Labute approximate surface area is 152 Å². The van der Waals surface area contributed by atoms with E-state index in [1.54, 1.807) is 0 Å². The normalized spacial score (nSPS) is 12.9. The molecule has 0 aliphatic carbocycles. The molecule has 2 N–H and O–H groups in total. The van der Waals surface area contributed by atoms with Crippen LogP contribution < -0.4 is 10.1 Å². The summed E-state index contributed by atoms with van der Waals surface area (Å²) in [7, 11) is 0. The van der Waals surface area contributed by atoms with E-state index in [2.05, 4.69) is 17.9 Å². The zero-order valence-electron chi connectivity index (χ0n) is 13.9. The molecule has 0 saturated carbocycles. The topological polar surface area (TPSA) is 75.6 Å². The Morgan fingerprint density at radius 3 is 2.24 bits per heavy atom. The number of aliphatic carboxylic acids is 1. The van der Waals surface area contributed by atoms with E-state index in [1.807, 2.05) is 54.6 Å². The summed E-state index contributed by atoms with van der Waals surface area (Å²) in [5, 5.41) is 11.4. The first kappa shape index (κ1) is 18.9. The number of nitrogens with one attached hydrogen (secondary N) is 1. The third-order valence-electron chi connectivity index (χ3n) is 3.70. The van der Waals surface area contributed by atoms with Gasteiger partial charge in [-0.3, -0.25) is 9.59 Å². The van der Waals surface area contributed by atoms with Crippen LogP contribution in [0.2, 0.25) is 0 Å². The molecule has 0 aromatic heterocycles. The number of carbonyl (C=O) groups excluding carboxylic acids is 1. The van der Waals surface area contributed by atoms with E-state index in [0.717, 1.165) is 11.3 Å². The van der Waals surface area contributed by atoms with Crippen LogP contribution in [0.15, 0.2) is 54.6 Å². The molecule has 0 radical (unpaired) electrons. The molecule has 25 heavy (non-hydrogen) atoms. The first-order valence-corrected chi connectivity index (χ1v) is 8.58. The molecule has 0 saturated heterocycles. The van der Waals surface area contributed by atoms with Gasteiger partial charge in [-0.1, -0.05) is 30.3 Å². The number of thiol groups is 1. The molecule has 2 aromatic carbocycles. The summed E-state index contributed by atoms with van der Waals surface area (Å²) in [6, 6.07) is 16.0. The van der Waals surface area contributed by atoms with Crippen molar-refractivity contribution < 1.29 is 19.4 Å². The minimum atomic E-state index is -1.06. The highest BCUT2D eigenvalue weighted by Gasteiger charge is 2.21. The third kappa shape index (κ3) is 5.83. The fourth-order valence-electron chi connectivity index (χ4n) is 2.24. The number of para-hydroxylation sites is 1. The minimum absolute atomic E-state index is 0.311. The van der Waals surface area contributed by atoms with Crippen LogP contribution in [0.3, 0.4) is 0 Å². The number of carboxylic acid groups (broad SMARTS) is 1. The second-order valence-corrected chi connectivity index (χ2v) is 6.08. The maximum Gasteiger partial charge on any atom is 0.325 e. The minimum Gasteiger partial charge on any atom is -0.480 e. The summed E-state index contributed by atoms with van der Waals surface area (Å²) in [5.41, 5.74) is 0.956. The van der Waals surface area contributed by atoms with Crippen molar-refractivity contribution in [1.29, 1.82) is 0 Å². The Balaban J connectivity index is 1.96.